The fraction of sp³-hybridized carbons (Fsp3) is 0.286. The van der Waals surface area contributed by atoms with Gasteiger partial charge in [0.1, 0.15) is 0 Å². The maximum Gasteiger partial charge on any atom is 0.395 e. The van der Waals surface area contributed by atoms with Crippen LogP contribution in [0, 0.1) is 12.3 Å². The Labute approximate surface area is 57.0 Å². The SMILES string of the molecule is FC(F)(F)C1[CH]C=CC=C1. The van der Waals surface area contributed by atoms with Gasteiger partial charge in [-0.05, 0) is 6.42 Å². The van der Waals surface area contributed by atoms with Gasteiger partial charge in [0.25, 0.3) is 0 Å². The second-order valence-electron chi connectivity index (χ2n) is 2.03. The molecular weight excluding hydrogens is 141 g/mol. The van der Waals surface area contributed by atoms with Crippen LogP contribution in [0.3, 0.4) is 0 Å². The van der Waals surface area contributed by atoms with Crippen molar-refractivity contribution < 1.29 is 13.2 Å². The zero-order valence-electron chi connectivity index (χ0n) is 5.10. The van der Waals surface area contributed by atoms with Gasteiger partial charge >= 0.3 is 6.18 Å². The van der Waals surface area contributed by atoms with E-state index in [4.69, 9.17) is 0 Å². The molecule has 0 N–H and O–H groups in total. The van der Waals surface area contributed by atoms with E-state index in [2.05, 4.69) is 0 Å². The zero-order chi connectivity index (χ0) is 7.61. The molecule has 0 aromatic carbocycles. The summed E-state index contributed by atoms with van der Waals surface area (Å²) in [6.45, 7) is 0. The van der Waals surface area contributed by atoms with E-state index in [-0.39, 0.29) is 0 Å². The van der Waals surface area contributed by atoms with Crippen LogP contribution in [0.1, 0.15) is 0 Å². The summed E-state index contributed by atoms with van der Waals surface area (Å²) in [6, 6.07) is 0. The van der Waals surface area contributed by atoms with Crippen LogP contribution in [0.2, 0.25) is 0 Å². The van der Waals surface area contributed by atoms with E-state index < -0.39 is 12.1 Å². The van der Waals surface area contributed by atoms with E-state index in [9.17, 15) is 13.2 Å². The first-order valence-corrected chi connectivity index (χ1v) is 2.86. The average Bonchev–Trinajstić information content (AvgIpc) is 1.88. The number of rotatable bonds is 0. The minimum atomic E-state index is -4.12. The molecule has 0 saturated heterocycles. The van der Waals surface area contributed by atoms with E-state index in [1.54, 1.807) is 6.08 Å². The first kappa shape index (κ1) is 7.38. The number of hydrogen-bond donors (Lipinski definition) is 0. The molecule has 1 unspecified atom stereocenters. The van der Waals surface area contributed by atoms with Crippen molar-refractivity contribution in [1.29, 1.82) is 0 Å². The summed E-state index contributed by atoms with van der Waals surface area (Å²) in [6.07, 6.45) is 2.50. The molecule has 1 aliphatic rings. The van der Waals surface area contributed by atoms with Gasteiger partial charge < -0.3 is 0 Å². The van der Waals surface area contributed by atoms with Crippen molar-refractivity contribution in [1.82, 2.24) is 0 Å². The predicted octanol–water partition coefficient (Wildman–Crippen LogP) is 2.50. The highest BCUT2D eigenvalue weighted by Crippen LogP contribution is 2.30. The minimum absolute atomic E-state index is 1.12. The first-order valence-electron chi connectivity index (χ1n) is 2.86. The first-order chi connectivity index (χ1) is 4.61. The lowest BCUT2D eigenvalue weighted by Crippen LogP contribution is -2.21. The van der Waals surface area contributed by atoms with Gasteiger partial charge in [0.2, 0.25) is 0 Å². The second kappa shape index (κ2) is 2.48. The maximum atomic E-state index is 11.8. The fourth-order valence-electron chi connectivity index (χ4n) is 0.714. The van der Waals surface area contributed by atoms with Gasteiger partial charge in [-0.15, -0.1) is 0 Å². The van der Waals surface area contributed by atoms with Crippen LogP contribution in [-0.2, 0) is 0 Å². The lowest BCUT2D eigenvalue weighted by atomic mass is 10.0. The quantitative estimate of drug-likeness (QED) is 0.493. The lowest BCUT2D eigenvalue weighted by molar-refractivity contribution is -0.151. The fourth-order valence-corrected chi connectivity index (χ4v) is 0.714. The van der Waals surface area contributed by atoms with Crippen molar-refractivity contribution in [3.8, 4) is 0 Å². The molecule has 1 aliphatic carbocycles. The van der Waals surface area contributed by atoms with Crippen LogP contribution < -0.4 is 0 Å². The van der Waals surface area contributed by atoms with Gasteiger partial charge in [-0.25, -0.2) is 0 Å². The molecule has 1 radical (unpaired) electrons. The average molecular weight is 147 g/mol. The molecule has 3 heteroatoms. The van der Waals surface area contributed by atoms with Gasteiger partial charge in [-0.2, -0.15) is 13.2 Å². The standard InChI is InChI=1S/C7H6F3/c8-7(9,10)6-4-2-1-3-5-6/h1-6H. The van der Waals surface area contributed by atoms with Crippen LogP contribution >= 0.6 is 0 Å². The molecule has 0 fully saturated rings. The Balaban J connectivity index is 2.60. The Kier molecular flexibility index (Phi) is 1.83. The third-order valence-corrected chi connectivity index (χ3v) is 1.24. The Morgan fingerprint density at radius 3 is 2.00 bits per heavy atom. The maximum absolute atomic E-state index is 11.8. The summed E-state index contributed by atoms with van der Waals surface area (Å²) >= 11 is 0. The van der Waals surface area contributed by atoms with E-state index in [0.717, 1.165) is 12.5 Å². The largest absolute Gasteiger partial charge is 0.395 e. The third-order valence-electron chi connectivity index (χ3n) is 1.24. The summed E-state index contributed by atoms with van der Waals surface area (Å²) < 4.78 is 35.5. The summed E-state index contributed by atoms with van der Waals surface area (Å²) in [5.41, 5.74) is 0. The van der Waals surface area contributed by atoms with Crippen molar-refractivity contribution in [2.45, 2.75) is 6.18 Å². The summed E-state index contributed by atoms with van der Waals surface area (Å²) in [5.74, 6) is -1.39. The van der Waals surface area contributed by atoms with Crippen molar-refractivity contribution in [2.75, 3.05) is 0 Å². The van der Waals surface area contributed by atoms with Crippen molar-refractivity contribution in [3.05, 3.63) is 30.7 Å². The van der Waals surface area contributed by atoms with Crippen LogP contribution in [0.25, 0.3) is 0 Å². The molecule has 0 aliphatic heterocycles. The molecule has 10 heavy (non-hydrogen) atoms. The Morgan fingerprint density at radius 1 is 1.00 bits per heavy atom. The smallest absolute Gasteiger partial charge is 0.170 e. The predicted molar refractivity (Wildman–Crippen MR) is 32.1 cm³/mol. The van der Waals surface area contributed by atoms with Crippen LogP contribution in [0.4, 0.5) is 13.2 Å². The summed E-state index contributed by atoms with van der Waals surface area (Å²) in [7, 11) is 0. The van der Waals surface area contributed by atoms with Crippen molar-refractivity contribution >= 4 is 0 Å². The van der Waals surface area contributed by atoms with Gasteiger partial charge in [-0.1, -0.05) is 24.3 Å². The minimum Gasteiger partial charge on any atom is -0.170 e. The van der Waals surface area contributed by atoms with Gasteiger partial charge in [0.15, 0.2) is 0 Å². The molecule has 0 aromatic heterocycles. The Bertz CT molecular complexity index is 164. The van der Waals surface area contributed by atoms with E-state index >= 15 is 0 Å². The molecule has 0 bridgehead atoms. The molecule has 0 amide bonds. The van der Waals surface area contributed by atoms with E-state index in [1.807, 2.05) is 0 Å². The summed E-state index contributed by atoms with van der Waals surface area (Å²) in [5, 5.41) is 0. The number of halogens is 3. The zero-order valence-corrected chi connectivity index (χ0v) is 5.10. The molecule has 1 atom stereocenters. The van der Waals surface area contributed by atoms with E-state index in [1.165, 1.54) is 12.2 Å². The topological polar surface area (TPSA) is 0 Å². The highest BCUT2D eigenvalue weighted by Gasteiger charge is 2.37. The molecule has 0 spiro atoms. The monoisotopic (exact) mass is 147 g/mol. The summed E-state index contributed by atoms with van der Waals surface area (Å²) in [4.78, 5) is 0. The molecule has 55 valence electrons. The number of allylic oxidation sites excluding steroid dienone is 4. The highest BCUT2D eigenvalue weighted by atomic mass is 19.4. The van der Waals surface area contributed by atoms with Crippen molar-refractivity contribution in [3.63, 3.8) is 0 Å². The van der Waals surface area contributed by atoms with Crippen LogP contribution in [-0.4, -0.2) is 6.18 Å². The molecule has 0 aromatic rings. The number of alkyl halides is 3. The third kappa shape index (κ3) is 1.62. The Morgan fingerprint density at radius 2 is 1.70 bits per heavy atom. The molecule has 0 heterocycles. The second-order valence-corrected chi connectivity index (χ2v) is 2.03. The van der Waals surface area contributed by atoms with E-state index in [0.29, 0.717) is 0 Å². The van der Waals surface area contributed by atoms with Crippen LogP contribution in [0.5, 0.6) is 0 Å². The Hall–Kier alpha value is -0.730. The lowest BCUT2D eigenvalue weighted by Gasteiger charge is -2.15. The normalized spacial score (nSPS) is 25.3. The number of hydrogen-bond acceptors (Lipinski definition) is 0. The highest BCUT2D eigenvalue weighted by molar-refractivity contribution is 5.20. The molecule has 1 rings (SSSR count). The van der Waals surface area contributed by atoms with Gasteiger partial charge in [0.05, 0.1) is 5.92 Å². The molecule has 0 nitrogen and oxygen atoms in total. The van der Waals surface area contributed by atoms with Gasteiger partial charge in [0, 0.05) is 0 Å². The van der Waals surface area contributed by atoms with Crippen LogP contribution in [0.15, 0.2) is 24.3 Å². The van der Waals surface area contributed by atoms with Gasteiger partial charge in [-0.3, -0.25) is 0 Å². The van der Waals surface area contributed by atoms with Crippen molar-refractivity contribution in [2.24, 2.45) is 5.92 Å². The molecule has 0 saturated carbocycles. The molecular formula is C7H6F3.